The molecule has 2 aromatic rings. The lowest BCUT2D eigenvalue weighted by Gasteiger charge is -2.52. The van der Waals surface area contributed by atoms with Gasteiger partial charge in [-0.2, -0.15) is 0 Å². The molecule has 3 atom stereocenters. The van der Waals surface area contributed by atoms with Crippen LogP contribution >= 0.6 is 21.6 Å². The minimum absolute atomic E-state index is 0.000294. The number of ether oxygens (including phenoxy) is 2. The molecule has 2 aromatic carbocycles. The average molecular weight is 586 g/mol. The van der Waals surface area contributed by atoms with E-state index in [-0.39, 0.29) is 34.7 Å². The highest BCUT2D eigenvalue weighted by molar-refractivity contribution is 8.78. The standard InChI is InChI=1S/C29H35NO6S2Si/c1-19(36-39(5,6)29(2,3)4)23-26(32)30-24(22(17-34-18-31)37-38-27(23)30)28(33)35-25(20-13-9-7-10-14-20)21-15-11-8-12-16-21/h7-16,18-19,23,25,27H,17H2,1-6H3/t19-,23+,27-/m1/s1. The number of rotatable bonds is 10. The molecule has 0 aromatic heterocycles. The van der Waals surface area contributed by atoms with E-state index in [4.69, 9.17) is 13.9 Å². The third kappa shape index (κ3) is 6.14. The van der Waals surface area contributed by atoms with Crippen molar-refractivity contribution < 1.29 is 28.3 Å². The van der Waals surface area contributed by atoms with Crippen molar-refractivity contribution in [3.8, 4) is 0 Å². The predicted molar refractivity (Wildman–Crippen MR) is 157 cm³/mol. The first-order valence-corrected chi connectivity index (χ1v) is 18.0. The Kier molecular flexibility index (Phi) is 9.00. The maximum absolute atomic E-state index is 13.8. The van der Waals surface area contributed by atoms with Crippen molar-refractivity contribution in [1.29, 1.82) is 0 Å². The molecule has 10 heteroatoms. The SMILES string of the molecule is C[C@@H](O[Si](C)(C)C(C)(C)C)[C@H]1C(=O)N2C(C(=O)OC(c3ccccc3)c3ccccc3)=C(COC=O)SS[C@H]12. The Bertz CT molecular complexity index is 1190. The van der Waals surface area contributed by atoms with Gasteiger partial charge in [-0.1, -0.05) is 103 Å². The van der Waals surface area contributed by atoms with Gasteiger partial charge in [0.2, 0.25) is 5.91 Å². The minimum Gasteiger partial charge on any atom is -0.462 e. The first-order chi connectivity index (χ1) is 18.5. The third-order valence-electron chi connectivity index (χ3n) is 7.53. The molecule has 4 rings (SSSR count). The number of carbonyl (C=O) groups is 3. The maximum atomic E-state index is 13.8. The van der Waals surface area contributed by atoms with Gasteiger partial charge >= 0.3 is 5.97 Å². The Labute approximate surface area is 239 Å². The topological polar surface area (TPSA) is 82.1 Å². The number of β-lactam (4-membered cyclic amide) rings is 1. The summed E-state index contributed by atoms with van der Waals surface area (Å²) in [5, 5.41) is -0.294. The second-order valence-corrected chi connectivity index (χ2v) is 18.3. The second kappa shape index (κ2) is 11.9. The number of amides is 1. The van der Waals surface area contributed by atoms with E-state index in [0.717, 1.165) is 11.1 Å². The molecule has 7 nitrogen and oxygen atoms in total. The van der Waals surface area contributed by atoms with Crippen LogP contribution in [0, 0.1) is 5.92 Å². The average Bonchev–Trinajstić information content (AvgIpc) is 2.90. The Hall–Kier alpha value is -2.53. The highest BCUT2D eigenvalue weighted by Crippen LogP contribution is 2.54. The number of benzene rings is 2. The lowest BCUT2D eigenvalue weighted by molar-refractivity contribution is -0.159. The number of hydrogen-bond acceptors (Lipinski definition) is 8. The molecular formula is C29H35NO6S2Si. The Balaban J connectivity index is 1.63. The zero-order valence-electron chi connectivity index (χ0n) is 23.1. The zero-order chi connectivity index (χ0) is 28.4. The molecule has 1 amide bonds. The first-order valence-electron chi connectivity index (χ1n) is 12.9. The van der Waals surface area contributed by atoms with Gasteiger partial charge in [-0.3, -0.25) is 14.5 Å². The molecule has 0 N–H and O–H groups in total. The fraction of sp³-hybridized carbons (Fsp3) is 0.414. The van der Waals surface area contributed by atoms with Crippen molar-refractivity contribution in [2.45, 2.75) is 63.4 Å². The van der Waals surface area contributed by atoms with Gasteiger partial charge in [-0.05, 0) is 36.2 Å². The van der Waals surface area contributed by atoms with Gasteiger partial charge in [-0.25, -0.2) is 4.79 Å². The Morgan fingerprint density at radius 2 is 1.62 bits per heavy atom. The van der Waals surface area contributed by atoms with Gasteiger partial charge in [0.1, 0.15) is 17.7 Å². The highest BCUT2D eigenvalue weighted by atomic mass is 33.1. The number of nitrogens with zero attached hydrogens (tertiary/aromatic N) is 1. The van der Waals surface area contributed by atoms with Crippen LogP contribution in [0.5, 0.6) is 0 Å². The molecule has 39 heavy (non-hydrogen) atoms. The molecule has 0 spiro atoms. The summed E-state index contributed by atoms with van der Waals surface area (Å²) < 4.78 is 17.7. The fourth-order valence-corrected chi connectivity index (χ4v) is 8.83. The van der Waals surface area contributed by atoms with Crippen LogP contribution in [0.2, 0.25) is 18.1 Å². The van der Waals surface area contributed by atoms with Gasteiger partial charge in [0.15, 0.2) is 14.4 Å². The van der Waals surface area contributed by atoms with Crippen LogP contribution in [-0.4, -0.2) is 49.7 Å². The second-order valence-electron chi connectivity index (χ2n) is 11.2. The van der Waals surface area contributed by atoms with Crippen LogP contribution in [0.25, 0.3) is 0 Å². The van der Waals surface area contributed by atoms with E-state index in [9.17, 15) is 14.4 Å². The van der Waals surface area contributed by atoms with Gasteiger partial charge < -0.3 is 13.9 Å². The summed E-state index contributed by atoms with van der Waals surface area (Å²) in [6, 6.07) is 18.9. The van der Waals surface area contributed by atoms with E-state index in [1.807, 2.05) is 67.6 Å². The van der Waals surface area contributed by atoms with Crippen LogP contribution in [0.4, 0.5) is 0 Å². The molecule has 0 radical (unpaired) electrons. The van der Waals surface area contributed by atoms with Crippen LogP contribution < -0.4 is 0 Å². The Morgan fingerprint density at radius 1 is 1.05 bits per heavy atom. The van der Waals surface area contributed by atoms with Crippen molar-refractivity contribution in [3.05, 3.63) is 82.4 Å². The normalized spacial score (nSPS) is 20.3. The van der Waals surface area contributed by atoms with Crippen LogP contribution in [0.15, 0.2) is 71.3 Å². The fourth-order valence-electron chi connectivity index (χ4n) is 4.42. The van der Waals surface area contributed by atoms with Crippen molar-refractivity contribution in [2.75, 3.05) is 6.61 Å². The maximum Gasteiger partial charge on any atom is 0.357 e. The number of fused-ring (bicyclic) bond motifs is 1. The molecule has 2 heterocycles. The third-order valence-corrected chi connectivity index (χ3v) is 14.9. The van der Waals surface area contributed by atoms with E-state index in [1.54, 1.807) is 0 Å². The molecule has 2 aliphatic heterocycles. The number of carbonyl (C=O) groups excluding carboxylic acids is 3. The summed E-state index contributed by atoms with van der Waals surface area (Å²) in [4.78, 5) is 40.4. The van der Waals surface area contributed by atoms with Gasteiger partial charge in [0, 0.05) is 0 Å². The van der Waals surface area contributed by atoms with Crippen LogP contribution in [0.1, 0.15) is 44.9 Å². The monoisotopic (exact) mass is 585 g/mol. The lowest BCUT2D eigenvalue weighted by atomic mass is 9.92. The van der Waals surface area contributed by atoms with E-state index in [0.29, 0.717) is 11.4 Å². The van der Waals surface area contributed by atoms with Crippen molar-refractivity contribution >= 4 is 48.3 Å². The molecule has 0 unspecified atom stereocenters. The van der Waals surface area contributed by atoms with Gasteiger partial charge in [-0.15, -0.1) is 0 Å². The molecular weight excluding hydrogens is 551 g/mol. The quantitative estimate of drug-likeness (QED) is 0.106. The van der Waals surface area contributed by atoms with Gasteiger partial charge in [0.05, 0.1) is 16.9 Å². The summed E-state index contributed by atoms with van der Waals surface area (Å²) in [7, 11) is 0.700. The van der Waals surface area contributed by atoms with Crippen molar-refractivity contribution in [2.24, 2.45) is 5.92 Å². The predicted octanol–water partition coefficient (Wildman–Crippen LogP) is 6.29. The van der Waals surface area contributed by atoms with E-state index in [1.165, 1.54) is 26.5 Å². The first kappa shape index (κ1) is 29.4. The summed E-state index contributed by atoms with van der Waals surface area (Å²) in [5.74, 6) is -1.22. The van der Waals surface area contributed by atoms with Crippen molar-refractivity contribution in [1.82, 2.24) is 4.90 Å². The summed E-state index contributed by atoms with van der Waals surface area (Å²) in [6.07, 6.45) is -0.981. The lowest BCUT2D eigenvalue weighted by Crippen LogP contribution is -2.65. The molecule has 1 fully saturated rings. The number of hydrogen-bond donors (Lipinski definition) is 0. The van der Waals surface area contributed by atoms with Crippen molar-refractivity contribution in [3.63, 3.8) is 0 Å². The van der Waals surface area contributed by atoms with E-state index in [2.05, 4.69) is 33.9 Å². The summed E-state index contributed by atoms with van der Waals surface area (Å²) in [5.41, 5.74) is 1.74. The Morgan fingerprint density at radius 3 is 2.13 bits per heavy atom. The van der Waals surface area contributed by atoms with E-state index >= 15 is 0 Å². The number of esters is 1. The van der Waals surface area contributed by atoms with Crippen LogP contribution in [-0.2, 0) is 28.3 Å². The van der Waals surface area contributed by atoms with E-state index < -0.39 is 26.3 Å². The summed E-state index contributed by atoms with van der Waals surface area (Å²) >= 11 is 0. The highest BCUT2D eigenvalue weighted by Gasteiger charge is 2.57. The zero-order valence-corrected chi connectivity index (χ0v) is 25.7. The smallest absolute Gasteiger partial charge is 0.357 e. The molecule has 0 saturated carbocycles. The molecule has 1 saturated heterocycles. The molecule has 0 bridgehead atoms. The molecule has 0 aliphatic carbocycles. The molecule has 208 valence electrons. The summed E-state index contributed by atoms with van der Waals surface area (Å²) in [6.45, 7) is 13.0. The van der Waals surface area contributed by atoms with Crippen LogP contribution in [0.3, 0.4) is 0 Å². The molecule has 2 aliphatic rings. The minimum atomic E-state index is -2.12. The van der Waals surface area contributed by atoms with Gasteiger partial charge in [0.25, 0.3) is 6.47 Å². The largest absolute Gasteiger partial charge is 0.462 e.